The molecule has 0 saturated heterocycles. The summed E-state index contributed by atoms with van der Waals surface area (Å²) in [5, 5.41) is 3.35. The first-order valence-corrected chi connectivity index (χ1v) is 4.70. The van der Waals surface area contributed by atoms with Crippen molar-refractivity contribution in [2.24, 2.45) is 0 Å². The van der Waals surface area contributed by atoms with Crippen LogP contribution in [0.1, 0.15) is 18.9 Å². The molecule has 0 aliphatic heterocycles. The Balaban J connectivity index is 0.00000169. The molecule has 0 bridgehead atoms. The van der Waals surface area contributed by atoms with E-state index in [-0.39, 0.29) is 12.4 Å². The van der Waals surface area contributed by atoms with Crippen LogP contribution < -0.4 is 10.1 Å². The van der Waals surface area contributed by atoms with Crippen LogP contribution in [0.25, 0.3) is 0 Å². The number of ether oxygens (including phenoxy) is 1. The van der Waals surface area contributed by atoms with Gasteiger partial charge in [0.2, 0.25) is 0 Å². The minimum atomic E-state index is 0. The fourth-order valence-electron chi connectivity index (χ4n) is 1.19. The number of hydrogen-bond donors (Lipinski definition) is 1. The van der Waals surface area contributed by atoms with E-state index in [1.807, 2.05) is 12.1 Å². The Labute approximate surface area is 92.1 Å². The average Bonchev–Trinajstić information content (AvgIpc) is 2.19. The Kier molecular flexibility index (Phi) is 7.25. The third-order valence-corrected chi connectivity index (χ3v) is 1.89. The molecule has 0 saturated carbocycles. The molecule has 2 nitrogen and oxygen atoms in total. The third-order valence-electron chi connectivity index (χ3n) is 1.89. The molecule has 0 unspecified atom stereocenters. The Morgan fingerprint density at radius 3 is 2.79 bits per heavy atom. The lowest BCUT2D eigenvalue weighted by Gasteiger charge is -2.05. The number of benzene rings is 1. The zero-order valence-electron chi connectivity index (χ0n) is 8.75. The fraction of sp³-hybridized carbons (Fsp3) is 0.455. The van der Waals surface area contributed by atoms with Crippen LogP contribution in [0.3, 0.4) is 0 Å². The van der Waals surface area contributed by atoms with E-state index in [0.29, 0.717) is 0 Å². The molecule has 0 atom stereocenters. The van der Waals surface area contributed by atoms with Gasteiger partial charge in [-0.05, 0) is 30.7 Å². The second-order valence-corrected chi connectivity index (χ2v) is 3.03. The van der Waals surface area contributed by atoms with E-state index < -0.39 is 0 Å². The van der Waals surface area contributed by atoms with Crippen molar-refractivity contribution < 1.29 is 4.74 Å². The van der Waals surface area contributed by atoms with Gasteiger partial charge in [0.15, 0.2) is 0 Å². The van der Waals surface area contributed by atoms with Gasteiger partial charge in [-0.1, -0.05) is 19.1 Å². The van der Waals surface area contributed by atoms with Crippen molar-refractivity contribution >= 4 is 12.4 Å². The van der Waals surface area contributed by atoms with Crippen molar-refractivity contribution in [3.63, 3.8) is 0 Å². The highest BCUT2D eigenvalue weighted by molar-refractivity contribution is 5.85. The topological polar surface area (TPSA) is 21.3 Å². The van der Waals surface area contributed by atoms with Gasteiger partial charge in [0.25, 0.3) is 0 Å². The third kappa shape index (κ3) is 4.49. The van der Waals surface area contributed by atoms with Gasteiger partial charge in [0, 0.05) is 6.54 Å². The molecule has 0 aliphatic carbocycles. The Hall–Kier alpha value is -0.730. The van der Waals surface area contributed by atoms with Crippen LogP contribution in [0.15, 0.2) is 24.3 Å². The van der Waals surface area contributed by atoms with Crippen molar-refractivity contribution in [2.75, 3.05) is 13.7 Å². The van der Waals surface area contributed by atoms with E-state index in [2.05, 4.69) is 24.4 Å². The van der Waals surface area contributed by atoms with Crippen LogP contribution in [0, 0.1) is 0 Å². The van der Waals surface area contributed by atoms with Gasteiger partial charge < -0.3 is 10.1 Å². The van der Waals surface area contributed by atoms with E-state index >= 15 is 0 Å². The molecule has 0 spiro atoms. The van der Waals surface area contributed by atoms with Crippen LogP contribution in [0.5, 0.6) is 5.75 Å². The zero-order chi connectivity index (χ0) is 9.52. The summed E-state index contributed by atoms with van der Waals surface area (Å²) in [4.78, 5) is 0. The predicted molar refractivity (Wildman–Crippen MR) is 62.2 cm³/mol. The molecular formula is C11H18ClNO. The minimum Gasteiger partial charge on any atom is -0.497 e. The second-order valence-electron chi connectivity index (χ2n) is 3.03. The van der Waals surface area contributed by atoms with Gasteiger partial charge in [-0.15, -0.1) is 12.4 Å². The van der Waals surface area contributed by atoms with E-state index in [1.54, 1.807) is 7.11 Å². The number of methoxy groups -OCH3 is 1. The van der Waals surface area contributed by atoms with Gasteiger partial charge in [0.05, 0.1) is 7.11 Å². The van der Waals surface area contributed by atoms with Gasteiger partial charge in [0.1, 0.15) is 5.75 Å². The van der Waals surface area contributed by atoms with Crippen molar-refractivity contribution in [2.45, 2.75) is 19.9 Å². The first kappa shape index (κ1) is 13.3. The molecule has 1 rings (SSSR count). The summed E-state index contributed by atoms with van der Waals surface area (Å²) < 4.78 is 5.13. The Morgan fingerprint density at radius 1 is 1.36 bits per heavy atom. The summed E-state index contributed by atoms with van der Waals surface area (Å²) in [5.74, 6) is 0.927. The number of halogens is 1. The minimum absolute atomic E-state index is 0. The molecular weight excluding hydrogens is 198 g/mol. The fourth-order valence-corrected chi connectivity index (χ4v) is 1.19. The maximum absolute atomic E-state index is 5.13. The van der Waals surface area contributed by atoms with Crippen LogP contribution in [-0.4, -0.2) is 13.7 Å². The standard InChI is InChI=1S/C11H17NO.ClH/c1-3-7-12-9-10-5-4-6-11(8-10)13-2;/h4-6,8,12H,3,7,9H2,1-2H3;1H. The molecule has 80 valence electrons. The molecule has 0 amide bonds. The molecule has 0 aliphatic rings. The highest BCUT2D eigenvalue weighted by Crippen LogP contribution is 2.11. The first-order chi connectivity index (χ1) is 6.36. The smallest absolute Gasteiger partial charge is 0.119 e. The lowest BCUT2D eigenvalue weighted by atomic mass is 10.2. The quantitative estimate of drug-likeness (QED) is 0.763. The number of hydrogen-bond acceptors (Lipinski definition) is 2. The van der Waals surface area contributed by atoms with Crippen molar-refractivity contribution in [3.8, 4) is 5.75 Å². The van der Waals surface area contributed by atoms with E-state index in [0.717, 1.165) is 18.8 Å². The average molecular weight is 216 g/mol. The molecule has 0 heterocycles. The predicted octanol–water partition coefficient (Wildman–Crippen LogP) is 2.62. The second kappa shape index (κ2) is 7.65. The van der Waals surface area contributed by atoms with Crippen LogP contribution in [0.2, 0.25) is 0 Å². The van der Waals surface area contributed by atoms with Gasteiger partial charge in [-0.25, -0.2) is 0 Å². The van der Waals surface area contributed by atoms with Gasteiger partial charge >= 0.3 is 0 Å². The summed E-state index contributed by atoms with van der Waals surface area (Å²) in [7, 11) is 1.69. The summed E-state index contributed by atoms with van der Waals surface area (Å²) >= 11 is 0. The number of rotatable bonds is 5. The maximum Gasteiger partial charge on any atom is 0.119 e. The molecule has 14 heavy (non-hydrogen) atoms. The van der Waals surface area contributed by atoms with Crippen LogP contribution >= 0.6 is 12.4 Å². The zero-order valence-corrected chi connectivity index (χ0v) is 9.56. The first-order valence-electron chi connectivity index (χ1n) is 4.70. The normalized spacial score (nSPS) is 9.29. The largest absolute Gasteiger partial charge is 0.497 e. The maximum atomic E-state index is 5.13. The lowest BCUT2D eigenvalue weighted by Crippen LogP contribution is -2.13. The van der Waals surface area contributed by atoms with E-state index in [4.69, 9.17) is 4.74 Å². The molecule has 0 radical (unpaired) electrons. The Morgan fingerprint density at radius 2 is 2.14 bits per heavy atom. The molecule has 1 aromatic carbocycles. The van der Waals surface area contributed by atoms with E-state index in [1.165, 1.54) is 12.0 Å². The van der Waals surface area contributed by atoms with Gasteiger partial charge in [-0.3, -0.25) is 0 Å². The van der Waals surface area contributed by atoms with Crippen LogP contribution in [-0.2, 0) is 6.54 Å². The Bertz CT molecular complexity index is 253. The van der Waals surface area contributed by atoms with E-state index in [9.17, 15) is 0 Å². The lowest BCUT2D eigenvalue weighted by molar-refractivity contribution is 0.414. The molecule has 1 N–H and O–H groups in total. The molecule has 3 heteroatoms. The number of nitrogens with one attached hydrogen (secondary N) is 1. The van der Waals surface area contributed by atoms with Crippen molar-refractivity contribution in [1.29, 1.82) is 0 Å². The SMILES string of the molecule is CCCNCc1cccc(OC)c1.Cl. The van der Waals surface area contributed by atoms with Gasteiger partial charge in [-0.2, -0.15) is 0 Å². The summed E-state index contributed by atoms with van der Waals surface area (Å²) in [6.45, 7) is 4.15. The molecule has 0 aromatic heterocycles. The summed E-state index contributed by atoms with van der Waals surface area (Å²) in [6, 6.07) is 8.14. The monoisotopic (exact) mass is 215 g/mol. The summed E-state index contributed by atoms with van der Waals surface area (Å²) in [5.41, 5.74) is 1.27. The highest BCUT2D eigenvalue weighted by Gasteiger charge is 1.94. The van der Waals surface area contributed by atoms with Crippen LogP contribution in [0.4, 0.5) is 0 Å². The van der Waals surface area contributed by atoms with Crippen molar-refractivity contribution in [1.82, 2.24) is 5.32 Å². The highest BCUT2D eigenvalue weighted by atomic mass is 35.5. The molecule has 0 fully saturated rings. The summed E-state index contributed by atoms with van der Waals surface area (Å²) in [6.07, 6.45) is 1.17. The molecule has 1 aromatic rings. The van der Waals surface area contributed by atoms with Crippen molar-refractivity contribution in [3.05, 3.63) is 29.8 Å².